The highest BCUT2D eigenvalue weighted by atomic mass is 16.4. The Kier molecular flexibility index (Phi) is 11.5. The molecule has 0 aliphatic heterocycles. The third-order valence-electron chi connectivity index (χ3n) is 3.97. The minimum Gasteiger partial charge on any atom is -0.481 e. The van der Waals surface area contributed by atoms with Crippen LogP contribution in [-0.2, 0) is 24.0 Å². The Morgan fingerprint density at radius 3 is 1.70 bits per heavy atom. The molecule has 0 heterocycles. The molecule has 5 atom stereocenters. The second-order valence-corrected chi connectivity index (χ2v) is 7.20. The summed E-state index contributed by atoms with van der Waals surface area (Å²) in [4.78, 5) is 59.0. The van der Waals surface area contributed by atoms with Crippen LogP contribution in [0.3, 0.4) is 0 Å². The molecule has 13 nitrogen and oxygen atoms in total. The summed E-state index contributed by atoms with van der Waals surface area (Å²) in [6, 6.07) is -5.87. The van der Waals surface area contributed by atoms with Crippen molar-refractivity contribution in [1.29, 1.82) is 0 Å². The van der Waals surface area contributed by atoms with Gasteiger partial charge in [-0.05, 0) is 19.3 Å². The van der Waals surface area contributed by atoms with Gasteiger partial charge in [-0.3, -0.25) is 19.2 Å². The van der Waals surface area contributed by atoms with Gasteiger partial charge in [0.1, 0.15) is 24.2 Å². The van der Waals surface area contributed by atoms with Crippen molar-refractivity contribution in [2.75, 3.05) is 6.61 Å². The Hall–Kier alpha value is -2.77. The van der Waals surface area contributed by atoms with Gasteiger partial charge in [-0.2, -0.15) is 0 Å². The van der Waals surface area contributed by atoms with Gasteiger partial charge in [-0.25, -0.2) is 4.79 Å². The average molecular weight is 434 g/mol. The minimum atomic E-state index is -1.69. The molecule has 172 valence electrons. The summed E-state index contributed by atoms with van der Waals surface area (Å²) in [5.41, 5.74) is 5.54. The van der Waals surface area contributed by atoms with Crippen LogP contribution in [0.4, 0.5) is 0 Å². The van der Waals surface area contributed by atoms with Crippen molar-refractivity contribution in [2.45, 2.75) is 63.9 Å². The average Bonchev–Trinajstić information content (AvgIpc) is 2.62. The Labute approximate surface area is 173 Å². The van der Waals surface area contributed by atoms with E-state index >= 15 is 0 Å². The zero-order valence-electron chi connectivity index (χ0n) is 17.0. The number of aliphatic hydroxyl groups is 2. The number of nitrogens with two attached hydrogens (primary N) is 1. The first-order valence-corrected chi connectivity index (χ1v) is 9.20. The summed E-state index contributed by atoms with van der Waals surface area (Å²) in [5, 5.41) is 42.8. The third-order valence-corrected chi connectivity index (χ3v) is 3.97. The standard InChI is InChI=1S/C17H30N4O9/c1-7(2)4-9(20-16(28)13(18)8(3)23)14(26)19-10(5-12(24)25)15(27)21-11(6-22)17(29)30/h7-11,13,22-23H,4-6,18H2,1-3H3,(H,19,26)(H,20,28)(H,21,27)(H,24,25)(H,29,30). The molecule has 0 aliphatic carbocycles. The van der Waals surface area contributed by atoms with Gasteiger partial charge in [0.15, 0.2) is 0 Å². The largest absolute Gasteiger partial charge is 0.481 e. The molecule has 0 aliphatic rings. The maximum Gasteiger partial charge on any atom is 0.328 e. The third kappa shape index (κ3) is 9.62. The van der Waals surface area contributed by atoms with Crippen molar-refractivity contribution in [3.8, 4) is 0 Å². The molecule has 0 saturated heterocycles. The molecule has 0 aromatic heterocycles. The fourth-order valence-corrected chi connectivity index (χ4v) is 2.30. The highest BCUT2D eigenvalue weighted by Gasteiger charge is 2.32. The van der Waals surface area contributed by atoms with Crippen LogP contribution in [0.1, 0.15) is 33.6 Å². The normalized spacial score (nSPS) is 16.0. The molecule has 30 heavy (non-hydrogen) atoms. The van der Waals surface area contributed by atoms with E-state index in [0.29, 0.717) is 0 Å². The van der Waals surface area contributed by atoms with E-state index in [9.17, 15) is 29.1 Å². The highest BCUT2D eigenvalue weighted by Crippen LogP contribution is 2.07. The molecule has 9 N–H and O–H groups in total. The maximum absolute atomic E-state index is 12.6. The van der Waals surface area contributed by atoms with E-state index in [2.05, 4.69) is 10.6 Å². The predicted molar refractivity (Wildman–Crippen MR) is 102 cm³/mol. The number of hydrogen-bond acceptors (Lipinski definition) is 8. The number of amides is 3. The van der Waals surface area contributed by atoms with E-state index in [-0.39, 0.29) is 12.3 Å². The molecule has 0 saturated carbocycles. The molecule has 13 heteroatoms. The van der Waals surface area contributed by atoms with Crippen LogP contribution in [0.25, 0.3) is 0 Å². The van der Waals surface area contributed by atoms with Gasteiger partial charge in [-0.1, -0.05) is 13.8 Å². The lowest BCUT2D eigenvalue weighted by atomic mass is 10.0. The summed E-state index contributed by atoms with van der Waals surface area (Å²) in [7, 11) is 0. The number of rotatable bonds is 13. The first kappa shape index (κ1) is 27.2. The number of carboxylic acids is 2. The zero-order chi connectivity index (χ0) is 23.6. The Bertz CT molecular complexity index is 639. The summed E-state index contributed by atoms with van der Waals surface area (Å²) >= 11 is 0. The Morgan fingerprint density at radius 2 is 1.30 bits per heavy atom. The Balaban J connectivity index is 5.45. The smallest absolute Gasteiger partial charge is 0.328 e. The fraction of sp³-hybridized carbons (Fsp3) is 0.706. The molecule has 3 amide bonds. The van der Waals surface area contributed by atoms with Crippen LogP contribution in [0.5, 0.6) is 0 Å². The lowest BCUT2D eigenvalue weighted by molar-refractivity contribution is -0.144. The molecule has 0 aromatic carbocycles. The molecule has 0 fully saturated rings. The van der Waals surface area contributed by atoms with Crippen LogP contribution in [0.15, 0.2) is 0 Å². The van der Waals surface area contributed by atoms with E-state index < -0.39 is 73.0 Å². The van der Waals surface area contributed by atoms with Crippen LogP contribution in [0, 0.1) is 5.92 Å². The van der Waals surface area contributed by atoms with Crippen LogP contribution >= 0.6 is 0 Å². The fourth-order valence-electron chi connectivity index (χ4n) is 2.30. The van der Waals surface area contributed by atoms with Crippen LogP contribution < -0.4 is 21.7 Å². The van der Waals surface area contributed by atoms with Crippen molar-refractivity contribution < 1.29 is 44.4 Å². The first-order chi connectivity index (χ1) is 13.8. The van der Waals surface area contributed by atoms with E-state index in [4.69, 9.17) is 21.1 Å². The van der Waals surface area contributed by atoms with E-state index in [1.807, 2.05) is 5.32 Å². The molecule has 5 unspecified atom stereocenters. The van der Waals surface area contributed by atoms with Crippen LogP contribution in [0.2, 0.25) is 0 Å². The summed E-state index contributed by atoms with van der Waals surface area (Å²) < 4.78 is 0. The van der Waals surface area contributed by atoms with Crippen molar-refractivity contribution in [3.05, 3.63) is 0 Å². The number of carboxylic acid groups (broad SMARTS) is 2. The predicted octanol–water partition coefficient (Wildman–Crippen LogP) is -3.25. The van der Waals surface area contributed by atoms with Crippen molar-refractivity contribution >= 4 is 29.7 Å². The lowest BCUT2D eigenvalue weighted by Crippen LogP contribution is -2.58. The first-order valence-electron chi connectivity index (χ1n) is 9.20. The van der Waals surface area contributed by atoms with Gasteiger partial charge in [0.05, 0.1) is 19.1 Å². The van der Waals surface area contributed by atoms with Gasteiger partial charge >= 0.3 is 11.9 Å². The maximum atomic E-state index is 12.6. The number of carbonyl (C=O) groups is 5. The topological polar surface area (TPSA) is 228 Å². The minimum absolute atomic E-state index is 0.0960. The second-order valence-electron chi connectivity index (χ2n) is 7.20. The van der Waals surface area contributed by atoms with Gasteiger partial charge < -0.3 is 42.1 Å². The molecule has 0 rings (SSSR count). The van der Waals surface area contributed by atoms with E-state index in [0.717, 1.165) is 0 Å². The Morgan fingerprint density at radius 1 is 0.833 bits per heavy atom. The molecule has 0 aromatic rings. The zero-order valence-corrected chi connectivity index (χ0v) is 17.0. The highest BCUT2D eigenvalue weighted by molar-refractivity contribution is 5.95. The van der Waals surface area contributed by atoms with Gasteiger partial charge in [0, 0.05) is 0 Å². The summed E-state index contributed by atoms with van der Waals surface area (Å²) in [6.07, 6.45) is -1.95. The molecule has 0 spiro atoms. The number of aliphatic hydroxyl groups excluding tert-OH is 2. The lowest BCUT2D eigenvalue weighted by Gasteiger charge is -2.25. The summed E-state index contributed by atoms with van der Waals surface area (Å²) in [6.45, 7) is 3.84. The van der Waals surface area contributed by atoms with E-state index in [1.165, 1.54) is 6.92 Å². The number of nitrogens with one attached hydrogen (secondary N) is 3. The molecule has 0 radical (unpaired) electrons. The summed E-state index contributed by atoms with van der Waals surface area (Å²) in [5.74, 6) is -5.96. The van der Waals surface area contributed by atoms with Crippen molar-refractivity contribution in [1.82, 2.24) is 16.0 Å². The van der Waals surface area contributed by atoms with Gasteiger partial charge in [-0.15, -0.1) is 0 Å². The quantitative estimate of drug-likeness (QED) is 0.144. The molecular weight excluding hydrogens is 404 g/mol. The number of aliphatic carboxylic acids is 2. The van der Waals surface area contributed by atoms with Crippen molar-refractivity contribution in [3.63, 3.8) is 0 Å². The molecule has 0 bridgehead atoms. The van der Waals surface area contributed by atoms with E-state index in [1.54, 1.807) is 13.8 Å². The number of hydrogen-bond donors (Lipinski definition) is 8. The van der Waals surface area contributed by atoms with Gasteiger partial charge in [0.2, 0.25) is 17.7 Å². The SMILES string of the molecule is CC(C)CC(NC(=O)C(N)C(C)O)C(=O)NC(CC(=O)O)C(=O)NC(CO)C(=O)O. The second kappa shape index (κ2) is 12.7. The number of carbonyl (C=O) groups excluding carboxylic acids is 3. The molecular formula is C17H30N4O9. The van der Waals surface area contributed by atoms with Crippen LogP contribution in [-0.4, -0.2) is 87.0 Å². The monoisotopic (exact) mass is 434 g/mol. The van der Waals surface area contributed by atoms with Gasteiger partial charge in [0.25, 0.3) is 0 Å². The van der Waals surface area contributed by atoms with Crippen molar-refractivity contribution in [2.24, 2.45) is 11.7 Å².